The SMILES string of the molecule is FC(F)(Cl)Cl.F[C]Cl. The monoisotopic (exact) mass is 186 g/mol. The molecule has 0 aromatic heterocycles. The third kappa shape index (κ3) is 490. The molecule has 0 bridgehead atoms. The Labute approximate surface area is 59.5 Å². The van der Waals surface area contributed by atoms with E-state index in [4.69, 9.17) is 0 Å². The zero-order valence-electron chi connectivity index (χ0n) is 3.27. The Bertz CT molecular complexity index is 36.3. The molecular weight excluding hydrogens is 187 g/mol. The highest BCUT2D eigenvalue weighted by Gasteiger charge is 2.17. The van der Waals surface area contributed by atoms with Crippen LogP contribution in [0.4, 0.5) is 13.2 Å². The minimum atomic E-state index is -3.56. The number of alkyl halides is 4. The van der Waals surface area contributed by atoms with Crippen LogP contribution < -0.4 is 0 Å². The van der Waals surface area contributed by atoms with Crippen molar-refractivity contribution in [1.29, 1.82) is 0 Å². The zero-order chi connectivity index (χ0) is 7.21. The van der Waals surface area contributed by atoms with E-state index in [1.54, 1.807) is 0 Å². The van der Waals surface area contributed by atoms with Gasteiger partial charge in [-0.1, -0.05) is 11.6 Å². The largest absolute Gasteiger partial charge is 0.401 e. The highest BCUT2D eigenvalue weighted by Crippen LogP contribution is 2.22. The fourth-order valence-electron chi connectivity index (χ4n) is 0. The summed E-state index contributed by atoms with van der Waals surface area (Å²) in [4.78, 5) is -3.56. The lowest BCUT2D eigenvalue weighted by molar-refractivity contribution is 0.194. The molecule has 0 unspecified atom stereocenters. The van der Waals surface area contributed by atoms with Crippen molar-refractivity contribution in [3.8, 4) is 0 Å². The maximum atomic E-state index is 10.6. The van der Waals surface area contributed by atoms with Gasteiger partial charge in [-0.2, -0.15) is 8.78 Å². The summed E-state index contributed by atoms with van der Waals surface area (Å²) in [7, 11) is 0. The van der Waals surface area contributed by atoms with E-state index in [0.717, 1.165) is 6.13 Å². The molecule has 2 radical (unpaired) electrons. The summed E-state index contributed by atoms with van der Waals surface area (Å²) in [6.45, 7) is 0. The number of hydrogen-bond acceptors (Lipinski definition) is 0. The fraction of sp³-hybridized carbons (Fsp3) is 0.500. The van der Waals surface area contributed by atoms with Crippen LogP contribution in [0.25, 0.3) is 0 Å². The summed E-state index contributed by atoms with van der Waals surface area (Å²) in [5.41, 5.74) is 0. The topological polar surface area (TPSA) is 0 Å². The number of hydrogen-bond donors (Lipinski definition) is 0. The molecule has 0 N–H and O–H groups in total. The molecule has 0 aliphatic heterocycles. The molecule has 0 atom stereocenters. The van der Waals surface area contributed by atoms with E-state index in [9.17, 15) is 13.2 Å². The molecule has 0 fully saturated rings. The molecule has 0 spiro atoms. The average Bonchev–Trinajstić information content (AvgIpc) is 1.27. The van der Waals surface area contributed by atoms with Gasteiger partial charge in [0.05, 0.1) is 0 Å². The van der Waals surface area contributed by atoms with Crippen LogP contribution in [-0.4, -0.2) is 4.84 Å². The molecule has 6 heteroatoms. The van der Waals surface area contributed by atoms with Gasteiger partial charge in [0.25, 0.3) is 6.13 Å². The van der Waals surface area contributed by atoms with Gasteiger partial charge in [0.15, 0.2) is 0 Å². The van der Waals surface area contributed by atoms with E-state index in [2.05, 4.69) is 34.8 Å². The molecule has 0 aliphatic carbocycles. The second kappa shape index (κ2) is 5.79. The molecule has 0 nitrogen and oxygen atoms in total. The highest BCUT2D eigenvalue weighted by molar-refractivity contribution is 6.45. The van der Waals surface area contributed by atoms with Gasteiger partial charge in [-0.05, 0) is 23.2 Å². The first-order chi connectivity index (χ1) is 3.41. The zero-order valence-corrected chi connectivity index (χ0v) is 5.54. The summed E-state index contributed by atoms with van der Waals surface area (Å²) in [6.07, 6.45) is 0.722. The van der Waals surface area contributed by atoms with Gasteiger partial charge in [-0.15, -0.1) is 0 Å². The Kier molecular flexibility index (Phi) is 8.29. The second-order valence-electron chi connectivity index (χ2n) is 0.500. The molecule has 0 saturated heterocycles. The predicted molar refractivity (Wildman–Crippen MR) is 26.9 cm³/mol. The van der Waals surface area contributed by atoms with Crippen molar-refractivity contribution in [3.05, 3.63) is 6.13 Å². The second-order valence-corrected chi connectivity index (χ2v) is 1.79. The van der Waals surface area contributed by atoms with E-state index in [0.29, 0.717) is 0 Å². The van der Waals surface area contributed by atoms with Gasteiger partial charge >= 0.3 is 4.84 Å². The van der Waals surface area contributed by atoms with Crippen LogP contribution >= 0.6 is 34.8 Å². The van der Waals surface area contributed by atoms with Gasteiger partial charge in [0, 0.05) is 0 Å². The molecule has 0 aromatic rings. The van der Waals surface area contributed by atoms with E-state index >= 15 is 0 Å². The maximum Gasteiger partial charge on any atom is 0.401 e. The summed E-state index contributed by atoms with van der Waals surface area (Å²) in [5, 5.41) is 0. The molecule has 8 heavy (non-hydrogen) atoms. The Hall–Kier alpha value is 0.660. The molecule has 0 saturated carbocycles. The minimum absolute atomic E-state index is 0.722. The van der Waals surface area contributed by atoms with Crippen LogP contribution in [0, 0.1) is 6.13 Å². The lowest BCUT2D eigenvalue weighted by atomic mass is 11.7. The molecule has 0 heterocycles. The lowest BCUT2D eigenvalue weighted by Gasteiger charge is -1.87. The van der Waals surface area contributed by atoms with Crippen molar-refractivity contribution in [2.24, 2.45) is 0 Å². The van der Waals surface area contributed by atoms with Gasteiger partial charge in [0.1, 0.15) is 0 Å². The van der Waals surface area contributed by atoms with Crippen molar-refractivity contribution < 1.29 is 13.2 Å². The highest BCUT2D eigenvalue weighted by atomic mass is 35.5. The molecule has 0 aliphatic rings. The van der Waals surface area contributed by atoms with Gasteiger partial charge in [-0.3, -0.25) is 0 Å². The maximum absolute atomic E-state index is 10.6. The Morgan fingerprint density at radius 1 is 1.25 bits per heavy atom. The van der Waals surface area contributed by atoms with E-state index in [1.165, 1.54) is 0 Å². The predicted octanol–water partition coefficient (Wildman–Crippen LogP) is 3.21. The standard InChI is InChI=1S/CCl2F2.CClF/c2-1(3,4)5;2-1-3. The van der Waals surface area contributed by atoms with E-state index in [1.807, 2.05) is 0 Å². The first kappa shape index (κ1) is 11.5. The first-order valence-corrected chi connectivity index (χ1v) is 2.27. The minimum Gasteiger partial charge on any atom is -0.216 e. The third-order valence-corrected chi connectivity index (χ3v) is 0. The lowest BCUT2D eigenvalue weighted by Crippen LogP contribution is -1.86. The summed E-state index contributed by atoms with van der Waals surface area (Å²) < 4.78 is 30.9. The Morgan fingerprint density at radius 2 is 1.25 bits per heavy atom. The quantitative estimate of drug-likeness (QED) is 0.511. The first-order valence-electron chi connectivity index (χ1n) is 1.13. The number of halogens is 6. The van der Waals surface area contributed by atoms with E-state index in [-0.39, 0.29) is 0 Å². The van der Waals surface area contributed by atoms with Crippen molar-refractivity contribution in [1.82, 2.24) is 0 Å². The Morgan fingerprint density at radius 3 is 1.25 bits per heavy atom. The normalized spacial score (nSPS) is 9.75. The number of rotatable bonds is 0. The third-order valence-electron chi connectivity index (χ3n) is 0. The van der Waals surface area contributed by atoms with Crippen molar-refractivity contribution >= 4 is 34.8 Å². The van der Waals surface area contributed by atoms with Crippen LogP contribution in [0.3, 0.4) is 0 Å². The van der Waals surface area contributed by atoms with Gasteiger partial charge < -0.3 is 0 Å². The van der Waals surface area contributed by atoms with Crippen molar-refractivity contribution in [2.75, 3.05) is 0 Å². The van der Waals surface area contributed by atoms with E-state index < -0.39 is 4.84 Å². The summed E-state index contributed by atoms with van der Waals surface area (Å²) in [6, 6.07) is 0. The van der Waals surface area contributed by atoms with Crippen LogP contribution in [0.5, 0.6) is 0 Å². The van der Waals surface area contributed by atoms with Crippen LogP contribution in [-0.2, 0) is 0 Å². The smallest absolute Gasteiger partial charge is 0.216 e. The molecule has 50 valence electrons. The molecular formula is C2Cl3F3. The van der Waals surface area contributed by atoms with Crippen LogP contribution in [0.2, 0.25) is 0 Å². The molecule has 0 rings (SSSR count). The van der Waals surface area contributed by atoms with Crippen molar-refractivity contribution in [2.45, 2.75) is 4.84 Å². The average molecular weight is 187 g/mol. The van der Waals surface area contributed by atoms with Gasteiger partial charge in [-0.25, -0.2) is 4.39 Å². The van der Waals surface area contributed by atoms with Gasteiger partial charge in [0.2, 0.25) is 0 Å². The van der Waals surface area contributed by atoms with Crippen LogP contribution in [0.15, 0.2) is 0 Å². The Balaban J connectivity index is 0. The summed E-state index contributed by atoms with van der Waals surface area (Å²) in [5.74, 6) is 0. The fourth-order valence-corrected chi connectivity index (χ4v) is 0. The summed E-state index contributed by atoms with van der Waals surface area (Å²) >= 11 is 12.0. The molecule has 0 amide bonds. The molecule has 0 aromatic carbocycles. The van der Waals surface area contributed by atoms with Crippen LogP contribution in [0.1, 0.15) is 0 Å². The van der Waals surface area contributed by atoms with Crippen molar-refractivity contribution in [3.63, 3.8) is 0 Å².